The van der Waals surface area contributed by atoms with Crippen molar-refractivity contribution < 1.29 is 0 Å². The van der Waals surface area contributed by atoms with Gasteiger partial charge >= 0.3 is 0 Å². The zero-order valence-corrected chi connectivity index (χ0v) is 29.2. The first-order valence-electron chi connectivity index (χ1n) is 18.3. The normalized spacial score (nSPS) is 11.7. The van der Waals surface area contributed by atoms with E-state index in [1.165, 1.54) is 81.7 Å². The Labute approximate surface area is 312 Å². The second-order valence-electron chi connectivity index (χ2n) is 14.0. The Bertz CT molecular complexity index is 3250. The Morgan fingerprint density at radius 1 is 0.426 bits per heavy atom. The van der Waals surface area contributed by atoms with E-state index in [-0.39, 0.29) is 0 Å². The first-order chi connectivity index (χ1) is 26.7. The van der Waals surface area contributed by atoms with Crippen LogP contribution in [0.25, 0.3) is 81.7 Å². The molecule has 1 heterocycles. The summed E-state index contributed by atoms with van der Waals surface area (Å²) >= 11 is 0. The number of anilines is 3. The minimum Gasteiger partial charge on any atom is -0.310 e. The number of rotatable bonds is 5. The molecule has 0 amide bonds. The largest absolute Gasteiger partial charge is 0.310 e. The average Bonchev–Trinajstić information content (AvgIpc) is 3.58. The third-order valence-electron chi connectivity index (χ3n) is 11.1. The van der Waals surface area contributed by atoms with E-state index in [0.717, 1.165) is 17.1 Å². The Balaban J connectivity index is 1.09. The molecule has 0 aliphatic carbocycles. The van der Waals surface area contributed by atoms with Crippen molar-refractivity contribution in [1.82, 2.24) is 4.57 Å². The number of hydrogen-bond donors (Lipinski definition) is 0. The summed E-state index contributed by atoms with van der Waals surface area (Å²) in [6.45, 7) is 0. The summed E-state index contributed by atoms with van der Waals surface area (Å²) in [5, 5.41) is 22.1. The lowest BCUT2D eigenvalue weighted by atomic mass is 9.88. The molecule has 10 aromatic carbocycles. The van der Waals surface area contributed by atoms with Crippen molar-refractivity contribution in [3.05, 3.63) is 194 Å². The lowest BCUT2D eigenvalue weighted by molar-refractivity contribution is 1.18. The molecule has 0 bridgehead atoms. The van der Waals surface area contributed by atoms with E-state index in [9.17, 15) is 5.26 Å². The standard InChI is InChI=1S/C51H31N3/c52-32-33-17-24-39(25-18-33)53(46-16-8-10-34-9-4-5-13-42(34)46)40-26-21-35(22-27-40)41-28-23-36-19-20-37-31-48-51(45-30-29-43(41)49(36)50(37)45)44-14-6-7-15-47(44)54(48)38-11-2-1-3-12-38/h1-31H. The number of para-hydroxylation sites is 2. The molecule has 11 rings (SSSR count). The van der Waals surface area contributed by atoms with Crippen LogP contribution in [-0.2, 0) is 0 Å². The first-order valence-corrected chi connectivity index (χ1v) is 18.3. The Kier molecular flexibility index (Phi) is 6.62. The molecule has 54 heavy (non-hydrogen) atoms. The van der Waals surface area contributed by atoms with Gasteiger partial charge in [-0.15, -0.1) is 0 Å². The van der Waals surface area contributed by atoms with Gasteiger partial charge in [0.15, 0.2) is 0 Å². The zero-order valence-electron chi connectivity index (χ0n) is 29.2. The Hall–Kier alpha value is -7.41. The fourth-order valence-electron chi connectivity index (χ4n) is 8.74. The highest BCUT2D eigenvalue weighted by atomic mass is 15.1. The Morgan fingerprint density at radius 2 is 1.07 bits per heavy atom. The summed E-state index contributed by atoms with van der Waals surface area (Å²) in [4.78, 5) is 2.29. The van der Waals surface area contributed by atoms with E-state index in [4.69, 9.17) is 0 Å². The second-order valence-corrected chi connectivity index (χ2v) is 14.0. The highest BCUT2D eigenvalue weighted by molar-refractivity contribution is 6.34. The zero-order chi connectivity index (χ0) is 35.8. The molecule has 1 aromatic heterocycles. The molecule has 0 spiro atoms. The Morgan fingerprint density at radius 3 is 1.89 bits per heavy atom. The molecule has 0 aliphatic rings. The van der Waals surface area contributed by atoms with E-state index in [1.54, 1.807) is 0 Å². The molecule has 0 saturated carbocycles. The summed E-state index contributed by atoms with van der Waals surface area (Å²) < 4.78 is 2.41. The molecule has 3 heteroatoms. The van der Waals surface area contributed by atoms with Crippen molar-refractivity contribution in [2.75, 3.05) is 4.90 Å². The highest BCUT2D eigenvalue weighted by Crippen LogP contribution is 2.46. The predicted molar refractivity (Wildman–Crippen MR) is 227 cm³/mol. The summed E-state index contributed by atoms with van der Waals surface area (Å²) in [6.07, 6.45) is 0. The average molecular weight is 686 g/mol. The predicted octanol–water partition coefficient (Wildman–Crippen LogP) is 13.8. The van der Waals surface area contributed by atoms with E-state index < -0.39 is 0 Å². The van der Waals surface area contributed by atoms with E-state index in [2.05, 4.69) is 179 Å². The van der Waals surface area contributed by atoms with Gasteiger partial charge in [0.2, 0.25) is 0 Å². The SMILES string of the molecule is N#Cc1ccc(N(c2ccc(-c3ccc4ccc5cc6c(c7ccc3c4c57)c3ccccc3n6-c3ccccc3)cc2)c2cccc3ccccc23)cc1. The van der Waals surface area contributed by atoms with Gasteiger partial charge in [-0.1, -0.05) is 121 Å². The van der Waals surface area contributed by atoms with E-state index in [1.807, 2.05) is 24.3 Å². The fraction of sp³-hybridized carbons (Fsp3) is 0. The molecule has 0 radical (unpaired) electrons. The van der Waals surface area contributed by atoms with Gasteiger partial charge in [0.1, 0.15) is 0 Å². The molecule has 11 aromatic rings. The van der Waals surface area contributed by atoms with Gasteiger partial charge in [-0.3, -0.25) is 0 Å². The molecule has 0 aliphatic heterocycles. The molecular weight excluding hydrogens is 655 g/mol. The minimum atomic E-state index is 0.642. The molecular formula is C51H31N3. The van der Waals surface area contributed by atoms with Crippen molar-refractivity contribution in [2.24, 2.45) is 0 Å². The third-order valence-corrected chi connectivity index (χ3v) is 11.1. The van der Waals surface area contributed by atoms with Crippen LogP contribution in [0.5, 0.6) is 0 Å². The van der Waals surface area contributed by atoms with Crippen molar-refractivity contribution >= 4 is 82.0 Å². The van der Waals surface area contributed by atoms with Crippen molar-refractivity contribution in [3.63, 3.8) is 0 Å². The first kappa shape index (κ1) is 30.2. The number of nitrogens with zero attached hydrogens (tertiary/aromatic N) is 3. The molecule has 0 unspecified atom stereocenters. The van der Waals surface area contributed by atoms with Crippen LogP contribution in [-0.4, -0.2) is 4.57 Å². The van der Waals surface area contributed by atoms with Crippen molar-refractivity contribution in [1.29, 1.82) is 5.26 Å². The van der Waals surface area contributed by atoms with Gasteiger partial charge in [0.25, 0.3) is 0 Å². The van der Waals surface area contributed by atoms with Crippen LogP contribution in [0.3, 0.4) is 0 Å². The number of nitriles is 1. The molecule has 0 fully saturated rings. The summed E-state index contributed by atoms with van der Waals surface area (Å²) in [6, 6.07) is 69.6. The van der Waals surface area contributed by atoms with Gasteiger partial charge < -0.3 is 9.47 Å². The van der Waals surface area contributed by atoms with Crippen LogP contribution in [0.2, 0.25) is 0 Å². The van der Waals surface area contributed by atoms with Crippen LogP contribution in [0.4, 0.5) is 17.1 Å². The minimum absolute atomic E-state index is 0.642. The number of hydrogen-bond acceptors (Lipinski definition) is 2. The fourth-order valence-corrected chi connectivity index (χ4v) is 8.74. The summed E-state index contributed by atoms with van der Waals surface area (Å²) in [5.41, 5.74) is 9.77. The summed E-state index contributed by atoms with van der Waals surface area (Å²) in [5.74, 6) is 0. The third kappa shape index (κ3) is 4.48. The van der Waals surface area contributed by atoms with Gasteiger partial charge in [-0.25, -0.2) is 0 Å². The number of benzene rings is 10. The van der Waals surface area contributed by atoms with Crippen molar-refractivity contribution in [3.8, 4) is 22.9 Å². The monoisotopic (exact) mass is 685 g/mol. The smallest absolute Gasteiger partial charge is 0.0991 e. The molecule has 0 atom stereocenters. The highest BCUT2D eigenvalue weighted by Gasteiger charge is 2.20. The number of aromatic nitrogens is 1. The van der Waals surface area contributed by atoms with Crippen LogP contribution in [0.15, 0.2) is 188 Å². The van der Waals surface area contributed by atoms with Crippen LogP contribution >= 0.6 is 0 Å². The van der Waals surface area contributed by atoms with Gasteiger partial charge in [0, 0.05) is 33.2 Å². The van der Waals surface area contributed by atoms with Crippen LogP contribution in [0.1, 0.15) is 5.56 Å². The number of fused-ring (bicyclic) bond motifs is 5. The maximum Gasteiger partial charge on any atom is 0.0991 e. The van der Waals surface area contributed by atoms with Gasteiger partial charge in [0.05, 0.1) is 28.4 Å². The lowest BCUT2D eigenvalue weighted by Gasteiger charge is -2.27. The van der Waals surface area contributed by atoms with Crippen LogP contribution in [0, 0.1) is 11.3 Å². The van der Waals surface area contributed by atoms with Crippen molar-refractivity contribution in [2.45, 2.75) is 0 Å². The quantitative estimate of drug-likeness (QED) is 0.169. The maximum atomic E-state index is 9.52. The lowest BCUT2D eigenvalue weighted by Crippen LogP contribution is -2.10. The van der Waals surface area contributed by atoms with E-state index in [0.29, 0.717) is 5.56 Å². The molecule has 3 nitrogen and oxygen atoms in total. The van der Waals surface area contributed by atoms with Gasteiger partial charge in [-0.2, -0.15) is 5.26 Å². The van der Waals surface area contributed by atoms with Gasteiger partial charge in [-0.05, 0) is 116 Å². The molecule has 0 N–H and O–H groups in total. The maximum absolute atomic E-state index is 9.52. The second kappa shape index (κ2) is 11.8. The summed E-state index contributed by atoms with van der Waals surface area (Å²) in [7, 11) is 0. The topological polar surface area (TPSA) is 32.0 Å². The molecule has 0 saturated heterocycles. The van der Waals surface area contributed by atoms with E-state index >= 15 is 0 Å². The van der Waals surface area contributed by atoms with Crippen LogP contribution < -0.4 is 4.90 Å². The molecule has 250 valence electrons.